The number of nitrogens with zero attached hydrogens (tertiary/aromatic N) is 3. The van der Waals surface area contributed by atoms with E-state index in [1.54, 1.807) is 7.11 Å². The number of hydrogen-bond donors (Lipinski definition) is 1. The Kier molecular flexibility index (Phi) is 5.15. The molecule has 1 aliphatic rings. The maximum atomic E-state index is 5.91. The number of ether oxygens (including phenoxy) is 2. The molecule has 2 aromatic rings. The lowest BCUT2D eigenvalue weighted by Crippen LogP contribution is -2.48. The molecule has 0 bridgehead atoms. The van der Waals surface area contributed by atoms with Gasteiger partial charge in [-0.3, -0.25) is 4.90 Å². The minimum atomic E-state index is 0.282. The summed E-state index contributed by atoms with van der Waals surface area (Å²) in [6.45, 7) is 4.39. The van der Waals surface area contributed by atoms with Gasteiger partial charge in [0, 0.05) is 45.6 Å². The van der Waals surface area contributed by atoms with Gasteiger partial charge >= 0.3 is 0 Å². The van der Waals surface area contributed by atoms with Crippen molar-refractivity contribution in [3.8, 4) is 11.5 Å². The molecule has 23 heavy (non-hydrogen) atoms. The van der Waals surface area contributed by atoms with Gasteiger partial charge in [-0.05, 0) is 12.1 Å². The Labute approximate surface area is 137 Å². The van der Waals surface area contributed by atoms with E-state index in [1.165, 1.54) is 0 Å². The van der Waals surface area contributed by atoms with Crippen LogP contribution in [0.5, 0.6) is 11.5 Å². The van der Waals surface area contributed by atoms with Crippen molar-refractivity contribution in [2.24, 2.45) is 7.05 Å². The van der Waals surface area contributed by atoms with Gasteiger partial charge < -0.3 is 19.4 Å². The van der Waals surface area contributed by atoms with Crippen LogP contribution in [0.15, 0.2) is 36.7 Å². The smallest absolute Gasteiger partial charge is 0.161 e. The first-order chi connectivity index (χ1) is 11.3. The van der Waals surface area contributed by atoms with E-state index in [0.717, 1.165) is 43.5 Å². The predicted octanol–water partition coefficient (Wildman–Crippen LogP) is 1.45. The Morgan fingerprint density at radius 1 is 1.30 bits per heavy atom. The fourth-order valence-electron chi connectivity index (χ4n) is 2.98. The quantitative estimate of drug-likeness (QED) is 0.874. The number of methoxy groups -OCH3 is 1. The van der Waals surface area contributed by atoms with Gasteiger partial charge in [0.2, 0.25) is 0 Å². The third-order valence-electron chi connectivity index (χ3n) is 4.22. The van der Waals surface area contributed by atoms with E-state index in [-0.39, 0.29) is 6.04 Å². The molecule has 124 valence electrons. The van der Waals surface area contributed by atoms with Crippen molar-refractivity contribution in [2.45, 2.75) is 6.04 Å². The molecule has 1 aromatic heterocycles. The third kappa shape index (κ3) is 3.65. The van der Waals surface area contributed by atoms with Gasteiger partial charge in [-0.15, -0.1) is 0 Å². The number of piperazine rings is 1. The molecular formula is C17H24N4O2. The molecule has 1 N–H and O–H groups in total. The number of nitrogens with one attached hydrogen (secondary N) is 1. The van der Waals surface area contributed by atoms with Crippen molar-refractivity contribution in [1.29, 1.82) is 0 Å². The molecule has 0 radical (unpaired) electrons. The topological polar surface area (TPSA) is 51.6 Å². The second kappa shape index (κ2) is 7.48. The molecule has 1 unspecified atom stereocenters. The van der Waals surface area contributed by atoms with Crippen LogP contribution in [-0.2, 0) is 7.05 Å². The van der Waals surface area contributed by atoms with Crippen LogP contribution < -0.4 is 14.8 Å². The molecule has 0 amide bonds. The summed E-state index contributed by atoms with van der Waals surface area (Å²) in [4.78, 5) is 6.93. The maximum absolute atomic E-state index is 5.91. The fraction of sp³-hybridized carbons (Fsp3) is 0.471. The summed E-state index contributed by atoms with van der Waals surface area (Å²) in [5.74, 6) is 2.65. The summed E-state index contributed by atoms with van der Waals surface area (Å²) < 4.78 is 13.3. The standard InChI is InChI=1S/C17H24N4O2/c1-20-9-8-19-17(20)14-13-18-7-10-21(14)11-12-23-16-6-4-3-5-15(16)22-2/h3-6,8-9,14,18H,7,10-13H2,1-2H3. The van der Waals surface area contributed by atoms with Crippen LogP contribution in [0.3, 0.4) is 0 Å². The van der Waals surface area contributed by atoms with Crippen LogP contribution in [-0.4, -0.2) is 54.3 Å². The zero-order valence-electron chi connectivity index (χ0n) is 13.7. The molecule has 6 nitrogen and oxygen atoms in total. The van der Waals surface area contributed by atoms with Gasteiger partial charge in [-0.2, -0.15) is 0 Å². The van der Waals surface area contributed by atoms with Gasteiger partial charge in [0.25, 0.3) is 0 Å². The van der Waals surface area contributed by atoms with E-state index in [9.17, 15) is 0 Å². The summed E-state index contributed by atoms with van der Waals surface area (Å²) >= 11 is 0. The zero-order valence-corrected chi connectivity index (χ0v) is 13.7. The molecule has 1 aliphatic heterocycles. The number of benzene rings is 1. The molecule has 0 aliphatic carbocycles. The van der Waals surface area contributed by atoms with Gasteiger partial charge in [0.1, 0.15) is 12.4 Å². The van der Waals surface area contributed by atoms with Crippen molar-refractivity contribution in [2.75, 3.05) is 39.9 Å². The van der Waals surface area contributed by atoms with E-state index >= 15 is 0 Å². The number of aryl methyl sites for hydroxylation is 1. The summed E-state index contributed by atoms with van der Waals surface area (Å²) in [6, 6.07) is 8.03. The minimum absolute atomic E-state index is 0.282. The van der Waals surface area contributed by atoms with Gasteiger partial charge in [-0.1, -0.05) is 12.1 Å². The molecule has 1 atom stereocenters. The summed E-state index contributed by atoms with van der Waals surface area (Å²) in [7, 11) is 3.70. The largest absolute Gasteiger partial charge is 0.493 e. The van der Waals surface area contributed by atoms with Crippen LogP contribution in [0.4, 0.5) is 0 Å². The average Bonchev–Trinajstić information content (AvgIpc) is 3.01. The molecule has 0 saturated carbocycles. The summed E-state index contributed by atoms with van der Waals surface area (Å²) in [5, 5.41) is 3.45. The van der Waals surface area contributed by atoms with Crippen molar-refractivity contribution in [3.05, 3.63) is 42.5 Å². The lowest BCUT2D eigenvalue weighted by atomic mass is 10.2. The highest BCUT2D eigenvalue weighted by atomic mass is 16.5. The highest BCUT2D eigenvalue weighted by molar-refractivity contribution is 5.39. The summed E-state index contributed by atoms with van der Waals surface area (Å²) in [5.41, 5.74) is 0. The Hall–Kier alpha value is -2.05. The SMILES string of the molecule is COc1ccccc1OCCN1CCNCC1c1nccn1C. The van der Waals surface area contributed by atoms with E-state index in [1.807, 2.05) is 43.7 Å². The highest BCUT2D eigenvalue weighted by Gasteiger charge is 2.26. The second-order valence-electron chi connectivity index (χ2n) is 5.65. The van der Waals surface area contributed by atoms with Crippen molar-refractivity contribution >= 4 is 0 Å². The van der Waals surface area contributed by atoms with Crippen molar-refractivity contribution < 1.29 is 9.47 Å². The molecule has 0 spiro atoms. The monoisotopic (exact) mass is 316 g/mol. The number of rotatable bonds is 6. The lowest BCUT2D eigenvalue weighted by molar-refractivity contribution is 0.126. The van der Waals surface area contributed by atoms with Crippen LogP contribution in [0.2, 0.25) is 0 Å². The van der Waals surface area contributed by atoms with Crippen LogP contribution >= 0.6 is 0 Å². The van der Waals surface area contributed by atoms with Gasteiger partial charge in [0.05, 0.1) is 13.2 Å². The molecule has 2 heterocycles. The number of imidazole rings is 1. The molecular weight excluding hydrogens is 292 g/mol. The van der Waals surface area contributed by atoms with Gasteiger partial charge in [0.15, 0.2) is 11.5 Å². The number of aromatic nitrogens is 2. The predicted molar refractivity (Wildman–Crippen MR) is 88.9 cm³/mol. The first-order valence-electron chi connectivity index (χ1n) is 7.97. The highest BCUT2D eigenvalue weighted by Crippen LogP contribution is 2.26. The number of hydrogen-bond acceptors (Lipinski definition) is 5. The third-order valence-corrected chi connectivity index (χ3v) is 4.22. The first-order valence-corrected chi connectivity index (χ1v) is 7.97. The van der Waals surface area contributed by atoms with Crippen LogP contribution in [0, 0.1) is 0 Å². The Bertz CT molecular complexity index is 629. The van der Waals surface area contributed by atoms with E-state index in [0.29, 0.717) is 6.61 Å². The van der Waals surface area contributed by atoms with Crippen molar-refractivity contribution in [3.63, 3.8) is 0 Å². The maximum Gasteiger partial charge on any atom is 0.161 e. The van der Waals surface area contributed by atoms with E-state index < -0.39 is 0 Å². The average molecular weight is 316 g/mol. The van der Waals surface area contributed by atoms with E-state index in [4.69, 9.17) is 9.47 Å². The Balaban J connectivity index is 1.61. The Morgan fingerprint density at radius 2 is 2.13 bits per heavy atom. The molecule has 6 heteroatoms. The lowest BCUT2D eigenvalue weighted by Gasteiger charge is -2.35. The fourth-order valence-corrected chi connectivity index (χ4v) is 2.98. The minimum Gasteiger partial charge on any atom is -0.493 e. The van der Waals surface area contributed by atoms with Crippen LogP contribution in [0.25, 0.3) is 0 Å². The molecule has 1 fully saturated rings. The van der Waals surface area contributed by atoms with Crippen LogP contribution in [0.1, 0.15) is 11.9 Å². The molecule has 3 rings (SSSR count). The van der Waals surface area contributed by atoms with E-state index in [2.05, 4.69) is 19.8 Å². The zero-order chi connectivity index (χ0) is 16.1. The Morgan fingerprint density at radius 3 is 2.87 bits per heavy atom. The normalized spacial score (nSPS) is 18.8. The first kappa shape index (κ1) is 15.8. The summed E-state index contributed by atoms with van der Waals surface area (Å²) in [6.07, 6.45) is 3.85. The van der Waals surface area contributed by atoms with Crippen molar-refractivity contribution in [1.82, 2.24) is 19.8 Å². The molecule has 1 saturated heterocycles. The van der Waals surface area contributed by atoms with Gasteiger partial charge in [-0.25, -0.2) is 4.98 Å². The molecule has 1 aromatic carbocycles. The number of para-hydroxylation sites is 2. The second-order valence-corrected chi connectivity index (χ2v) is 5.65.